The minimum absolute atomic E-state index is 0.0724. The lowest BCUT2D eigenvalue weighted by Gasteiger charge is -2.19. The van der Waals surface area contributed by atoms with E-state index in [0.717, 1.165) is 41.8 Å². The van der Waals surface area contributed by atoms with Crippen molar-refractivity contribution in [2.45, 2.75) is 59.8 Å². The molecule has 2 unspecified atom stereocenters. The van der Waals surface area contributed by atoms with Crippen molar-refractivity contribution in [3.8, 4) is 11.3 Å². The van der Waals surface area contributed by atoms with Crippen molar-refractivity contribution < 1.29 is 4.79 Å². The van der Waals surface area contributed by atoms with Gasteiger partial charge in [0.05, 0.1) is 5.69 Å². The molecule has 29 heavy (non-hydrogen) atoms. The van der Waals surface area contributed by atoms with Gasteiger partial charge in [-0.15, -0.1) is 0 Å². The van der Waals surface area contributed by atoms with Crippen molar-refractivity contribution >= 4 is 17.8 Å². The highest BCUT2D eigenvalue weighted by Crippen LogP contribution is 2.64. The predicted octanol–water partition coefficient (Wildman–Crippen LogP) is 4.97. The number of nitrogens with zero attached hydrogens (tertiary/aromatic N) is 3. The van der Waals surface area contributed by atoms with Gasteiger partial charge in [-0.2, -0.15) is 0 Å². The van der Waals surface area contributed by atoms with Crippen LogP contribution in [0.2, 0.25) is 0 Å². The summed E-state index contributed by atoms with van der Waals surface area (Å²) in [5.41, 5.74) is 10.6. The molecule has 5 nitrogen and oxygen atoms in total. The summed E-state index contributed by atoms with van der Waals surface area (Å²) in [5.74, 6) is 1.23. The van der Waals surface area contributed by atoms with E-state index < -0.39 is 0 Å². The number of nitrogen functional groups attached to an aromatic ring is 1. The lowest BCUT2D eigenvalue weighted by atomic mass is 9.84. The van der Waals surface area contributed by atoms with Crippen LogP contribution in [-0.4, -0.2) is 28.5 Å². The maximum atomic E-state index is 12.9. The number of rotatable bonds is 8. The molecule has 3 rings (SSSR count). The van der Waals surface area contributed by atoms with Crippen LogP contribution in [0.15, 0.2) is 29.4 Å². The predicted molar refractivity (Wildman–Crippen MR) is 119 cm³/mol. The van der Waals surface area contributed by atoms with Gasteiger partial charge >= 0.3 is 0 Å². The van der Waals surface area contributed by atoms with Gasteiger partial charge in [0.2, 0.25) is 0 Å². The number of ketones is 1. The Morgan fingerprint density at radius 2 is 2.14 bits per heavy atom. The fourth-order valence-corrected chi connectivity index (χ4v) is 4.43. The zero-order valence-electron chi connectivity index (χ0n) is 18.2. The second-order valence-electron chi connectivity index (χ2n) is 8.38. The highest BCUT2D eigenvalue weighted by atomic mass is 16.1. The molecule has 0 spiro atoms. The van der Waals surface area contributed by atoms with Crippen molar-refractivity contribution in [2.24, 2.45) is 16.3 Å². The minimum atomic E-state index is -0.191. The number of anilines is 1. The van der Waals surface area contributed by atoms with Gasteiger partial charge in [-0.05, 0) is 50.3 Å². The van der Waals surface area contributed by atoms with Crippen LogP contribution in [0.5, 0.6) is 0 Å². The molecule has 0 bridgehead atoms. The third-order valence-electron chi connectivity index (χ3n) is 5.95. The Morgan fingerprint density at radius 1 is 1.38 bits per heavy atom. The highest BCUT2D eigenvalue weighted by molar-refractivity contribution is 5.91. The van der Waals surface area contributed by atoms with E-state index in [1.54, 1.807) is 12.4 Å². The van der Waals surface area contributed by atoms with Gasteiger partial charge in [-0.1, -0.05) is 33.3 Å². The topological polar surface area (TPSA) is 81.2 Å². The first-order valence-corrected chi connectivity index (χ1v) is 10.6. The summed E-state index contributed by atoms with van der Waals surface area (Å²) in [4.78, 5) is 26.3. The van der Waals surface area contributed by atoms with Crippen LogP contribution >= 0.6 is 0 Å². The quantitative estimate of drug-likeness (QED) is 0.643. The second-order valence-corrected chi connectivity index (χ2v) is 8.38. The summed E-state index contributed by atoms with van der Waals surface area (Å²) in [5, 5.41) is 0. The zero-order chi connectivity index (χ0) is 21.2. The number of hydrogen-bond donors (Lipinski definition) is 1. The van der Waals surface area contributed by atoms with E-state index in [1.165, 1.54) is 5.56 Å². The molecule has 0 aliphatic heterocycles. The number of aryl methyl sites for hydroxylation is 1. The van der Waals surface area contributed by atoms with E-state index in [9.17, 15) is 4.79 Å². The molecule has 0 amide bonds. The van der Waals surface area contributed by atoms with Crippen molar-refractivity contribution in [2.75, 3.05) is 12.3 Å². The number of pyridine rings is 2. The van der Waals surface area contributed by atoms with Gasteiger partial charge in [-0.25, -0.2) is 4.98 Å². The molecular weight excluding hydrogens is 360 g/mol. The molecule has 2 aromatic heterocycles. The average molecular weight is 393 g/mol. The number of nitrogens with two attached hydrogens (primary N) is 1. The van der Waals surface area contributed by atoms with Crippen molar-refractivity contribution in [1.29, 1.82) is 0 Å². The van der Waals surface area contributed by atoms with Gasteiger partial charge in [-0.3, -0.25) is 14.8 Å². The summed E-state index contributed by atoms with van der Waals surface area (Å²) in [6.07, 6.45) is 6.44. The molecule has 1 saturated carbocycles. The Bertz CT molecular complexity index is 934. The maximum absolute atomic E-state index is 12.9. The molecule has 2 atom stereocenters. The molecule has 154 valence electrons. The van der Waals surface area contributed by atoms with Gasteiger partial charge in [0, 0.05) is 47.1 Å². The van der Waals surface area contributed by atoms with Gasteiger partial charge in [0.15, 0.2) is 0 Å². The Balaban J connectivity index is 1.90. The monoisotopic (exact) mass is 392 g/mol. The van der Waals surface area contributed by atoms with E-state index in [4.69, 9.17) is 10.7 Å². The van der Waals surface area contributed by atoms with Crippen LogP contribution in [0.4, 0.5) is 5.82 Å². The largest absolute Gasteiger partial charge is 0.383 e. The van der Waals surface area contributed by atoms with Crippen LogP contribution < -0.4 is 5.73 Å². The number of carbonyl (C=O) groups excluding carboxylic acids is 1. The van der Waals surface area contributed by atoms with E-state index in [2.05, 4.69) is 23.0 Å². The van der Waals surface area contributed by atoms with Crippen molar-refractivity contribution in [3.05, 3.63) is 41.2 Å². The summed E-state index contributed by atoms with van der Waals surface area (Å²) in [7, 11) is 0. The van der Waals surface area contributed by atoms with Crippen LogP contribution in [0.25, 0.3) is 11.3 Å². The summed E-state index contributed by atoms with van der Waals surface area (Å²) < 4.78 is 0. The van der Waals surface area contributed by atoms with Crippen LogP contribution in [-0.2, 0) is 4.79 Å². The lowest BCUT2D eigenvalue weighted by molar-refractivity contribution is -0.127. The number of carbonyl (C=O) groups is 1. The first kappa shape index (κ1) is 21.2. The van der Waals surface area contributed by atoms with Crippen LogP contribution in [0.1, 0.15) is 69.7 Å². The van der Waals surface area contributed by atoms with Crippen molar-refractivity contribution in [1.82, 2.24) is 9.97 Å². The molecule has 2 heterocycles. The van der Waals surface area contributed by atoms with Crippen LogP contribution in [0, 0.1) is 18.3 Å². The third kappa shape index (κ3) is 4.09. The van der Waals surface area contributed by atoms with Crippen LogP contribution in [0.3, 0.4) is 0 Å². The Labute approximate surface area is 173 Å². The fourth-order valence-electron chi connectivity index (χ4n) is 4.43. The highest BCUT2D eigenvalue weighted by Gasteiger charge is 2.59. The minimum Gasteiger partial charge on any atom is -0.383 e. The maximum Gasteiger partial charge on any atom is 0.142 e. The standard InChI is InChI=1S/C24H32N4O/c1-6-10-24(22(29)15(3)4)12-20(24)19-8-9-21(28-16(19)5)17-11-18(13-26-7-2)23(25)27-14-17/h8-9,11,13-15,20H,6-7,10,12H2,1-5H3,(H2,25,27). The number of Topliss-reactive ketones (excluding diaryl/α,β-unsaturated/α-hetero) is 1. The second kappa shape index (κ2) is 8.44. The van der Waals surface area contributed by atoms with E-state index in [-0.39, 0.29) is 17.3 Å². The zero-order valence-corrected chi connectivity index (χ0v) is 18.2. The Hall–Kier alpha value is -2.56. The molecule has 1 aliphatic carbocycles. The first-order valence-electron chi connectivity index (χ1n) is 10.6. The third-order valence-corrected chi connectivity index (χ3v) is 5.95. The normalized spacial score (nSPS) is 21.1. The molecule has 2 aromatic rings. The van der Waals surface area contributed by atoms with Crippen molar-refractivity contribution in [3.63, 3.8) is 0 Å². The molecular formula is C24H32N4O. The average Bonchev–Trinajstić information content (AvgIpc) is 3.41. The fraction of sp³-hybridized carbons (Fsp3) is 0.500. The van der Waals surface area contributed by atoms with Gasteiger partial charge in [0.25, 0.3) is 0 Å². The number of aliphatic imine (C=N–C) groups is 1. The van der Waals surface area contributed by atoms with E-state index in [1.807, 2.05) is 39.8 Å². The van der Waals surface area contributed by atoms with E-state index in [0.29, 0.717) is 18.1 Å². The Morgan fingerprint density at radius 3 is 2.76 bits per heavy atom. The molecule has 2 N–H and O–H groups in total. The molecule has 0 saturated heterocycles. The molecule has 5 heteroatoms. The summed E-state index contributed by atoms with van der Waals surface area (Å²) in [6, 6.07) is 6.15. The summed E-state index contributed by atoms with van der Waals surface area (Å²) >= 11 is 0. The number of hydrogen-bond acceptors (Lipinski definition) is 5. The SMILES string of the molecule is CCCC1(C(=O)C(C)C)CC1c1ccc(-c2cnc(N)c(C=NCC)c2)nc1C. The molecule has 1 fully saturated rings. The molecule has 0 radical (unpaired) electrons. The smallest absolute Gasteiger partial charge is 0.142 e. The molecule has 0 aromatic carbocycles. The first-order chi connectivity index (χ1) is 13.8. The van der Waals surface area contributed by atoms with Gasteiger partial charge < -0.3 is 5.73 Å². The number of aromatic nitrogens is 2. The lowest BCUT2D eigenvalue weighted by Crippen LogP contribution is -2.23. The molecule has 1 aliphatic rings. The van der Waals surface area contributed by atoms with Gasteiger partial charge in [0.1, 0.15) is 11.6 Å². The Kier molecular flexibility index (Phi) is 6.15. The summed E-state index contributed by atoms with van der Waals surface area (Å²) in [6.45, 7) is 10.9. The van der Waals surface area contributed by atoms with E-state index >= 15 is 0 Å².